The lowest BCUT2D eigenvalue weighted by atomic mass is 10.3. The summed E-state index contributed by atoms with van der Waals surface area (Å²) >= 11 is 0. The molecule has 29 heavy (non-hydrogen) atoms. The molecule has 1 saturated heterocycles. The zero-order valence-electron chi connectivity index (χ0n) is 16.4. The van der Waals surface area contributed by atoms with Gasteiger partial charge in [-0.3, -0.25) is 0 Å². The molecule has 4 rings (SSSR count). The molecule has 0 saturated carbocycles. The minimum Gasteiger partial charge on any atom is -0.340 e. The van der Waals surface area contributed by atoms with Crippen LogP contribution in [0.2, 0.25) is 0 Å². The zero-order chi connectivity index (χ0) is 20.1. The molecule has 1 aliphatic heterocycles. The van der Waals surface area contributed by atoms with Gasteiger partial charge in [-0.25, -0.2) is 9.78 Å². The second kappa shape index (κ2) is 8.60. The van der Waals surface area contributed by atoms with Gasteiger partial charge in [0.25, 0.3) is 0 Å². The molecule has 0 atom stereocenters. The number of hydrogen-bond acceptors (Lipinski definition) is 5. The maximum absolute atomic E-state index is 12.5. The van der Waals surface area contributed by atoms with Crippen molar-refractivity contribution in [1.82, 2.24) is 14.9 Å². The van der Waals surface area contributed by atoms with Crippen molar-refractivity contribution in [2.45, 2.75) is 6.92 Å². The molecule has 2 N–H and O–H groups in total. The highest BCUT2D eigenvalue weighted by Gasteiger charge is 2.23. The fraction of sp³-hybridized carbons (Fsp3) is 0.227. The van der Waals surface area contributed by atoms with Crippen LogP contribution in [0.15, 0.2) is 66.7 Å². The minimum atomic E-state index is -0.0764. The second-order valence-electron chi connectivity index (χ2n) is 6.96. The third-order valence-corrected chi connectivity index (χ3v) is 4.76. The fourth-order valence-corrected chi connectivity index (χ4v) is 3.26. The SMILES string of the molecule is Cc1cc(Nc2ccccc2)nc(N2CCN(C(=O)Nc3ccccc3)CC2)n1. The van der Waals surface area contributed by atoms with Crippen LogP contribution in [0, 0.1) is 6.92 Å². The Morgan fingerprint density at radius 3 is 2.14 bits per heavy atom. The third kappa shape index (κ3) is 4.82. The Morgan fingerprint density at radius 2 is 1.48 bits per heavy atom. The lowest BCUT2D eigenvalue weighted by Gasteiger charge is -2.34. The van der Waals surface area contributed by atoms with Crippen LogP contribution in [0.4, 0.5) is 27.9 Å². The van der Waals surface area contributed by atoms with Gasteiger partial charge in [0.15, 0.2) is 0 Å². The number of aryl methyl sites for hydroxylation is 1. The second-order valence-corrected chi connectivity index (χ2v) is 6.96. The Kier molecular flexibility index (Phi) is 5.56. The van der Waals surface area contributed by atoms with E-state index in [-0.39, 0.29) is 6.03 Å². The van der Waals surface area contributed by atoms with Gasteiger partial charge in [0.05, 0.1) is 0 Å². The summed E-state index contributed by atoms with van der Waals surface area (Å²) in [4.78, 5) is 25.7. The first-order chi connectivity index (χ1) is 14.2. The highest BCUT2D eigenvalue weighted by atomic mass is 16.2. The summed E-state index contributed by atoms with van der Waals surface area (Å²) < 4.78 is 0. The van der Waals surface area contributed by atoms with Gasteiger partial charge in [-0.15, -0.1) is 0 Å². The van der Waals surface area contributed by atoms with Gasteiger partial charge in [-0.2, -0.15) is 4.98 Å². The normalized spacial score (nSPS) is 13.8. The molecule has 2 amide bonds. The number of rotatable bonds is 4. The first-order valence-electron chi connectivity index (χ1n) is 9.71. The molecule has 148 valence electrons. The number of aromatic nitrogens is 2. The number of nitrogens with zero attached hydrogens (tertiary/aromatic N) is 4. The molecule has 0 unspecified atom stereocenters. The van der Waals surface area contributed by atoms with Crippen molar-refractivity contribution >= 4 is 29.2 Å². The van der Waals surface area contributed by atoms with E-state index < -0.39 is 0 Å². The van der Waals surface area contributed by atoms with Gasteiger partial charge >= 0.3 is 6.03 Å². The summed E-state index contributed by atoms with van der Waals surface area (Å²) in [5.74, 6) is 1.45. The monoisotopic (exact) mass is 388 g/mol. The van der Waals surface area contributed by atoms with Gasteiger partial charge in [0.2, 0.25) is 5.95 Å². The largest absolute Gasteiger partial charge is 0.340 e. The van der Waals surface area contributed by atoms with Gasteiger partial charge in [0, 0.05) is 49.3 Å². The quantitative estimate of drug-likeness (QED) is 0.710. The van der Waals surface area contributed by atoms with Crippen LogP contribution in [0.5, 0.6) is 0 Å². The van der Waals surface area contributed by atoms with E-state index in [1.54, 1.807) is 0 Å². The highest BCUT2D eigenvalue weighted by Crippen LogP contribution is 2.19. The topological polar surface area (TPSA) is 73.4 Å². The van der Waals surface area contributed by atoms with Crippen molar-refractivity contribution in [3.05, 3.63) is 72.4 Å². The van der Waals surface area contributed by atoms with Crippen LogP contribution < -0.4 is 15.5 Å². The number of urea groups is 1. The van der Waals surface area contributed by atoms with Crippen LogP contribution in [0.25, 0.3) is 0 Å². The van der Waals surface area contributed by atoms with Crippen LogP contribution in [0.3, 0.4) is 0 Å². The van der Waals surface area contributed by atoms with E-state index in [4.69, 9.17) is 0 Å². The molecule has 2 aromatic carbocycles. The summed E-state index contributed by atoms with van der Waals surface area (Å²) in [7, 11) is 0. The van der Waals surface area contributed by atoms with Crippen LogP contribution in [-0.4, -0.2) is 47.1 Å². The average molecular weight is 388 g/mol. The molecule has 0 aliphatic carbocycles. The minimum absolute atomic E-state index is 0.0764. The molecule has 1 fully saturated rings. The first kappa shape index (κ1) is 18.7. The molecule has 0 radical (unpaired) electrons. The predicted molar refractivity (Wildman–Crippen MR) is 116 cm³/mol. The van der Waals surface area contributed by atoms with E-state index in [1.807, 2.05) is 78.6 Å². The molecular formula is C22H24N6O. The lowest BCUT2D eigenvalue weighted by Crippen LogP contribution is -2.50. The Hall–Kier alpha value is -3.61. The number of carbonyl (C=O) groups excluding carboxylic acids is 1. The van der Waals surface area contributed by atoms with Crippen molar-refractivity contribution in [2.24, 2.45) is 0 Å². The van der Waals surface area contributed by atoms with Crippen LogP contribution in [-0.2, 0) is 0 Å². The smallest absolute Gasteiger partial charge is 0.321 e. The molecule has 1 aromatic heterocycles. The Labute approximate surface area is 170 Å². The number of carbonyl (C=O) groups is 1. The molecule has 1 aliphatic rings. The zero-order valence-corrected chi connectivity index (χ0v) is 16.4. The van der Waals surface area contributed by atoms with E-state index in [1.165, 1.54) is 0 Å². The molecule has 7 heteroatoms. The standard InChI is InChI=1S/C22H24N6O/c1-17-16-20(24-18-8-4-2-5-9-18)26-21(23-17)27-12-14-28(15-13-27)22(29)25-19-10-6-3-7-11-19/h2-11,16H,12-15H2,1H3,(H,25,29)(H,23,24,26). The molecule has 2 heterocycles. The number of benzene rings is 2. The van der Waals surface area contributed by atoms with E-state index in [2.05, 4.69) is 25.5 Å². The van der Waals surface area contributed by atoms with Crippen LogP contribution >= 0.6 is 0 Å². The van der Waals surface area contributed by atoms with E-state index >= 15 is 0 Å². The summed E-state index contributed by atoms with van der Waals surface area (Å²) in [6.45, 7) is 4.59. The number of anilines is 4. The van der Waals surface area contributed by atoms with Gasteiger partial charge < -0.3 is 20.4 Å². The summed E-state index contributed by atoms with van der Waals surface area (Å²) in [5.41, 5.74) is 2.69. The summed E-state index contributed by atoms with van der Waals surface area (Å²) in [6, 6.07) is 21.3. The maximum Gasteiger partial charge on any atom is 0.321 e. The van der Waals surface area contributed by atoms with Crippen molar-refractivity contribution in [2.75, 3.05) is 41.7 Å². The fourth-order valence-electron chi connectivity index (χ4n) is 3.26. The van der Waals surface area contributed by atoms with Gasteiger partial charge in [0.1, 0.15) is 5.82 Å². The van der Waals surface area contributed by atoms with Crippen molar-refractivity contribution in [3.8, 4) is 0 Å². The summed E-state index contributed by atoms with van der Waals surface area (Å²) in [6.07, 6.45) is 0. The molecule has 7 nitrogen and oxygen atoms in total. The Bertz CT molecular complexity index is 956. The summed E-state index contributed by atoms with van der Waals surface area (Å²) in [5, 5.41) is 6.27. The van der Waals surface area contributed by atoms with E-state index in [0.29, 0.717) is 32.1 Å². The number of para-hydroxylation sites is 2. The Morgan fingerprint density at radius 1 is 0.862 bits per heavy atom. The van der Waals surface area contributed by atoms with E-state index in [9.17, 15) is 4.79 Å². The third-order valence-electron chi connectivity index (χ3n) is 4.76. The molecule has 0 spiro atoms. The Balaban J connectivity index is 1.38. The van der Waals surface area contributed by atoms with Crippen molar-refractivity contribution in [3.63, 3.8) is 0 Å². The molecular weight excluding hydrogens is 364 g/mol. The van der Waals surface area contributed by atoms with Gasteiger partial charge in [-0.05, 0) is 31.2 Å². The predicted octanol–water partition coefficient (Wildman–Crippen LogP) is 3.88. The number of nitrogens with one attached hydrogen (secondary N) is 2. The lowest BCUT2D eigenvalue weighted by molar-refractivity contribution is 0.208. The van der Waals surface area contributed by atoms with Crippen molar-refractivity contribution < 1.29 is 4.79 Å². The van der Waals surface area contributed by atoms with Crippen molar-refractivity contribution in [1.29, 1.82) is 0 Å². The molecule has 3 aromatic rings. The average Bonchev–Trinajstić information content (AvgIpc) is 2.75. The first-order valence-corrected chi connectivity index (χ1v) is 9.71. The number of piperazine rings is 1. The highest BCUT2D eigenvalue weighted by molar-refractivity contribution is 5.89. The van der Waals surface area contributed by atoms with Crippen LogP contribution in [0.1, 0.15) is 5.69 Å². The van der Waals surface area contributed by atoms with Gasteiger partial charge in [-0.1, -0.05) is 36.4 Å². The van der Waals surface area contributed by atoms with E-state index in [0.717, 1.165) is 22.9 Å². The maximum atomic E-state index is 12.5. The molecule has 0 bridgehead atoms. The number of hydrogen-bond donors (Lipinski definition) is 2. The number of amides is 2.